The first-order valence-electron chi connectivity index (χ1n) is 12.0. The van der Waals surface area contributed by atoms with E-state index in [4.69, 9.17) is 0 Å². The monoisotopic (exact) mass is 521 g/mol. The standard InChI is InChI=1S/C28H31N3O3S2/c1-19(2)17-31(18-20(3)4)36(33,34)24-14-15-25-26(16-24)35-28(29-25)30-27(32)23-12-10-22(11-13-23)21-8-6-5-7-9-21/h5-16,19-20H,17-18H2,1-4H3,(H,29,30,32). The molecular weight excluding hydrogens is 490 g/mol. The molecule has 4 rings (SSSR count). The minimum Gasteiger partial charge on any atom is -0.298 e. The van der Waals surface area contributed by atoms with Gasteiger partial charge >= 0.3 is 0 Å². The molecule has 1 amide bonds. The first-order chi connectivity index (χ1) is 17.1. The number of amides is 1. The summed E-state index contributed by atoms with van der Waals surface area (Å²) in [5, 5.41) is 3.28. The van der Waals surface area contributed by atoms with Crippen molar-refractivity contribution in [3.63, 3.8) is 0 Å². The summed E-state index contributed by atoms with van der Waals surface area (Å²) in [4.78, 5) is 17.5. The number of nitrogens with zero attached hydrogens (tertiary/aromatic N) is 2. The van der Waals surface area contributed by atoms with Gasteiger partial charge in [0, 0.05) is 18.7 Å². The highest BCUT2D eigenvalue weighted by atomic mass is 32.2. The van der Waals surface area contributed by atoms with Gasteiger partial charge in [0.15, 0.2) is 5.13 Å². The Morgan fingerprint density at radius 2 is 1.50 bits per heavy atom. The molecule has 0 spiro atoms. The molecule has 0 fully saturated rings. The Morgan fingerprint density at radius 3 is 2.11 bits per heavy atom. The maximum Gasteiger partial charge on any atom is 0.257 e. The molecule has 0 aliphatic rings. The molecule has 0 aliphatic heterocycles. The molecule has 0 radical (unpaired) electrons. The summed E-state index contributed by atoms with van der Waals surface area (Å²) < 4.78 is 29.0. The maximum atomic E-state index is 13.4. The highest BCUT2D eigenvalue weighted by molar-refractivity contribution is 7.89. The summed E-state index contributed by atoms with van der Waals surface area (Å²) in [5.41, 5.74) is 3.29. The molecule has 36 heavy (non-hydrogen) atoms. The van der Waals surface area contributed by atoms with Crippen molar-refractivity contribution >= 4 is 42.6 Å². The Bertz CT molecular complexity index is 1430. The van der Waals surface area contributed by atoms with Crippen molar-refractivity contribution in [2.45, 2.75) is 32.6 Å². The van der Waals surface area contributed by atoms with Gasteiger partial charge in [0.2, 0.25) is 10.0 Å². The molecule has 1 aromatic heterocycles. The van der Waals surface area contributed by atoms with E-state index < -0.39 is 10.0 Å². The molecule has 0 saturated carbocycles. The van der Waals surface area contributed by atoms with Crippen LogP contribution in [0.3, 0.4) is 0 Å². The second-order valence-corrected chi connectivity index (χ2v) is 12.6. The summed E-state index contributed by atoms with van der Waals surface area (Å²) >= 11 is 1.26. The van der Waals surface area contributed by atoms with Crippen LogP contribution in [0, 0.1) is 11.8 Å². The third kappa shape index (κ3) is 6.00. The summed E-state index contributed by atoms with van der Waals surface area (Å²) in [7, 11) is -3.64. The summed E-state index contributed by atoms with van der Waals surface area (Å²) in [6.45, 7) is 8.98. The number of aromatic nitrogens is 1. The van der Waals surface area contributed by atoms with E-state index in [-0.39, 0.29) is 22.6 Å². The third-order valence-electron chi connectivity index (χ3n) is 5.61. The molecule has 3 aromatic carbocycles. The molecule has 0 bridgehead atoms. The van der Waals surface area contributed by atoms with E-state index in [0.717, 1.165) is 11.1 Å². The molecule has 6 nitrogen and oxygen atoms in total. The summed E-state index contributed by atoms with van der Waals surface area (Å²) in [5.74, 6) is 0.171. The molecule has 1 N–H and O–H groups in total. The van der Waals surface area contributed by atoms with Gasteiger partial charge in [-0.1, -0.05) is 81.5 Å². The van der Waals surface area contributed by atoms with Crippen LogP contribution in [0.25, 0.3) is 21.3 Å². The van der Waals surface area contributed by atoms with Crippen LogP contribution in [-0.2, 0) is 10.0 Å². The lowest BCUT2D eigenvalue weighted by molar-refractivity contribution is 0.102. The quantitative estimate of drug-likeness (QED) is 0.272. The fraction of sp³-hybridized carbons (Fsp3) is 0.286. The Balaban J connectivity index is 1.53. The van der Waals surface area contributed by atoms with Crippen LogP contribution in [0.4, 0.5) is 5.13 Å². The fourth-order valence-electron chi connectivity index (χ4n) is 3.97. The number of nitrogens with one attached hydrogen (secondary N) is 1. The van der Waals surface area contributed by atoms with Crippen molar-refractivity contribution in [3.8, 4) is 11.1 Å². The Hall–Kier alpha value is -3.07. The van der Waals surface area contributed by atoms with E-state index in [9.17, 15) is 13.2 Å². The van der Waals surface area contributed by atoms with Crippen LogP contribution in [0.15, 0.2) is 77.7 Å². The fourth-order valence-corrected chi connectivity index (χ4v) is 6.74. The lowest BCUT2D eigenvalue weighted by Gasteiger charge is -2.25. The minimum absolute atomic E-state index is 0.217. The number of sulfonamides is 1. The van der Waals surface area contributed by atoms with Gasteiger partial charge in [-0.2, -0.15) is 4.31 Å². The van der Waals surface area contributed by atoms with Crippen molar-refractivity contribution in [2.75, 3.05) is 18.4 Å². The van der Waals surface area contributed by atoms with Gasteiger partial charge in [0.05, 0.1) is 15.1 Å². The molecule has 1 heterocycles. The van der Waals surface area contributed by atoms with Crippen LogP contribution in [0.2, 0.25) is 0 Å². The first-order valence-corrected chi connectivity index (χ1v) is 14.3. The maximum absolute atomic E-state index is 13.4. The molecule has 0 saturated heterocycles. The zero-order chi connectivity index (χ0) is 25.9. The van der Waals surface area contributed by atoms with E-state index in [2.05, 4.69) is 10.3 Å². The number of carbonyl (C=O) groups is 1. The Kier molecular flexibility index (Phi) is 7.88. The van der Waals surface area contributed by atoms with Gasteiger partial charge in [-0.3, -0.25) is 10.1 Å². The Labute approximate surface area is 217 Å². The predicted molar refractivity (Wildman–Crippen MR) is 148 cm³/mol. The van der Waals surface area contributed by atoms with Gasteiger partial charge in [-0.05, 0) is 53.3 Å². The van der Waals surface area contributed by atoms with Crippen LogP contribution < -0.4 is 5.32 Å². The second kappa shape index (κ2) is 10.9. The van der Waals surface area contributed by atoms with Gasteiger partial charge in [-0.15, -0.1) is 0 Å². The van der Waals surface area contributed by atoms with Gasteiger partial charge in [0.25, 0.3) is 5.91 Å². The average molecular weight is 522 g/mol. The highest BCUT2D eigenvalue weighted by Crippen LogP contribution is 2.30. The average Bonchev–Trinajstić information content (AvgIpc) is 3.25. The van der Waals surface area contributed by atoms with E-state index in [1.165, 1.54) is 11.3 Å². The van der Waals surface area contributed by atoms with Crippen LogP contribution in [0.5, 0.6) is 0 Å². The van der Waals surface area contributed by atoms with E-state index >= 15 is 0 Å². The van der Waals surface area contributed by atoms with Crippen molar-refractivity contribution in [1.29, 1.82) is 0 Å². The van der Waals surface area contributed by atoms with Crippen molar-refractivity contribution in [2.24, 2.45) is 11.8 Å². The topological polar surface area (TPSA) is 79.4 Å². The number of rotatable bonds is 9. The first kappa shape index (κ1) is 26.0. The van der Waals surface area contributed by atoms with Gasteiger partial charge < -0.3 is 0 Å². The second-order valence-electron chi connectivity index (χ2n) is 9.66. The number of hydrogen-bond donors (Lipinski definition) is 1. The summed E-state index contributed by atoms with van der Waals surface area (Å²) in [6, 6.07) is 22.3. The van der Waals surface area contributed by atoms with E-state index in [1.807, 2.05) is 70.2 Å². The molecule has 4 aromatic rings. The number of carbonyl (C=O) groups excluding carboxylic acids is 1. The molecule has 0 unspecified atom stereocenters. The third-order valence-corrected chi connectivity index (χ3v) is 8.37. The SMILES string of the molecule is CC(C)CN(CC(C)C)S(=O)(=O)c1ccc2nc(NC(=O)c3ccc(-c4ccccc4)cc3)sc2c1. The minimum atomic E-state index is -3.64. The zero-order valence-electron chi connectivity index (χ0n) is 20.9. The number of thiazole rings is 1. The lowest BCUT2D eigenvalue weighted by Crippen LogP contribution is -2.37. The van der Waals surface area contributed by atoms with Gasteiger partial charge in [0.1, 0.15) is 0 Å². The van der Waals surface area contributed by atoms with Crippen molar-refractivity contribution in [1.82, 2.24) is 9.29 Å². The Morgan fingerprint density at radius 1 is 0.889 bits per heavy atom. The van der Waals surface area contributed by atoms with Crippen LogP contribution >= 0.6 is 11.3 Å². The number of fused-ring (bicyclic) bond motifs is 1. The molecular formula is C28H31N3O3S2. The molecule has 0 aliphatic carbocycles. The summed E-state index contributed by atoms with van der Waals surface area (Å²) in [6.07, 6.45) is 0. The number of hydrogen-bond acceptors (Lipinski definition) is 5. The molecule has 8 heteroatoms. The highest BCUT2D eigenvalue weighted by Gasteiger charge is 2.26. The van der Waals surface area contributed by atoms with Crippen LogP contribution in [-0.4, -0.2) is 36.7 Å². The number of benzene rings is 3. The smallest absolute Gasteiger partial charge is 0.257 e. The lowest BCUT2D eigenvalue weighted by atomic mass is 10.0. The van der Waals surface area contributed by atoms with Crippen LogP contribution in [0.1, 0.15) is 38.1 Å². The van der Waals surface area contributed by atoms with Crippen molar-refractivity contribution < 1.29 is 13.2 Å². The zero-order valence-corrected chi connectivity index (χ0v) is 22.6. The van der Waals surface area contributed by atoms with E-state index in [1.54, 1.807) is 34.6 Å². The normalized spacial score (nSPS) is 12.1. The molecule has 0 atom stereocenters. The largest absolute Gasteiger partial charge is 0.298 e. The predicted octanol–water partition coefficient (Wildman–Crippen LogP) is 6.52. The van der Waals surface area contributed by atoms with Gasteiger partial charge in [-0.25, -0.2) is 13.4 Å². The number of anilines is 1. The van der Waals surface area contributed by atoms with Crippen molar-refractivity contribution in [3.05, 3.63) is 78.4 Å². The molecule has 188 valence electrons. The van der Waals surface area contributed by atoms with E-state index in [0.29, 0.717) is 34.0 Å².